The molecule has 18 heavy (non-hydrogen) atoms. The van der Waals surface area contributed by atoms with Gasteiger partial charge in [-0.3, -0.25) is 0 Å². The zero-order valence-electron chi connectivity index (χ0n) is 11.3. The van der Waals surface area contributed by atoms with Crippen LogP contribution >= 0.6 is 0 Å². The molecular formula is C15H23NO2. The van der Waals surface area contributed by atoms with Crippen LogP contribution in [0.25, 0.3) is 0 Å². The van der Waals surface area contributed by atoms with Crippen molar-refractivity contribution in [3.05, 3.63) is 29.8 Å². The molecule has 1 aromatic carbocycles. The number of aliphatic hydroxyl groups excluding tert-OH is 1. The summed E-state index contributed by atoms with van der Waals surface area (Å²) in [5, 5.41) is 13.5. The van der Waals surface area contributed by atoms with E-state index < -0.39 is 6.10 Å². The molecule has 0 aliphatic heterocycles. The van der Waals surface area contributed by atoms with Crippen molar-refractivity contribution in [1.82, 2.24) is 5.32 Å². The maximum atomic E-state index is 10.1. The van der Waals surface area contributed by atoms with Gasteiger partial charge in [0, 0.05) is 13.1 Å². The van der Waals surface area contributed by atoms with Crippen LogP contribution < -0.4 is 10.1 Å². The van der Waals surface area contributed by atoms with Crippen LogP contribution in [0, 0.1) is 5.41 Å². The van der Waals surface area contributed by atoms with E-state index in [2.05, 4.69) is 12.2 Å². The van der Waals surface area contributed by atoms with Crippen molar-refractivity contribution < 1.29 is 9.84 Å². The molecular weight excluding hydrogens is 226 g/mol. The Morgan fingerprint density at radius 1 is 1.44 bits per heavy atom. The summed E-state index contributed by atoms with van der Waals surface area (Å²) >= 11 is 0. The number of nitrogens with one attached hydrogen (secondary N) is 1. The van der Waals surface area contributed by atoms with Crippen molar-refractivity contribution >= 4 is 0 Å². The first-order chi connectivity index (χ1) is 8.63. The molecule has 1 saturated carbocycles. The molecule has 1 aliphatic carbocycles. The quantitative estimate of drug-likeness (QED) is 0.814. The van der Waals surface area contributed by atoms with Gasteiger partial charge in [0.15, 0.2) is 0 Å². The molecule has 1 fully saturated rings. The van der Waals surface area contributed by atoms with Gasteiger partial charge in [0.05, 0.1) is 13.2 Å². The Labute approximate surface area is 109 Å². The van der Waals surface area contributed by atoms with E-state index in [9.17, 15) is 5.11 Å². The number of benzene rings is 1. The van der Waals surface area contributed by atoms with E-state index in [1.807, 2.05) is 24.3 Å². The zero-order valence-corrected chi connectivity index (χ0v) is 11.3. The van der Waals surface area contributed by atoms with Crippen LogP contribution in [0.4, 0.5) is 0 Å². The molecule has 0 heterocycles. The van der Waals surface area contributed by atoms with Crippen LogP contribution in [0.2, 0.25) is 0 Å². The van der Waals surface area contributed by atoms with Crippen LogP contribution in [0.3, 0.4) is 0 Å². The Hall–Kier alpha value is -1.06. The Kier molecular flexibility index (Phi) is 4.25. The second-order valence-corrected chi connectivity index (χ2v) is 5.59. The third-order valence-corrected chi connectivity index (χ3v) is 3.93. The van der Waals surface area contributed by atoms with E-state index in [-0.39, 0.29) is 0 Å². The number of ether oxygens (including phenoxy) is 1. The minimum atomic E-state index is -0.469. The third kappa shape index (κ3) is 3.24. The largest absolute Gasteiger partial charge is 0.497 e. The van der Waals surface area contributed by atoms with E-state index in [0.717, 1.165) is 17.9 Å². The van der Waals surface area contributed by atoms with Gasteiger partial charge in [-0.15, -0.1) is 0 Å². The fourth-order valence-electron chi connectivity index (χ4n) is 2.43. The molecule has 0 spiro atoms. The summed E-state index contributed by atoms with van der Waals surface area (Å²) in [6.07, 6.45) is 3.48. The van der Waals surface area contributed by atoms with Gasteiger partial charge >= 0.3 is 0 Å². The Bertz CT molecular complexity index is 388. The molecule has 2 N–H and O–H groups in total. The van der Waals surface area contributed by atoms with Crippen LogP contribution in [-0.2, 0) is 0 Å². The molecule has 3 heteroatoms. The van der Waals surface area contributed by atoms with Gasteiger partial charge in [0.25, 0.3) is 0 Å². The van der Waals surface area contributed by atoms with Crippen molar-refractivity contribution in [3.63, 3.8) is 0 Å². The molecule has 1 aliphatic rings. The number of hydrogen-bond donors (Lipinski definition) is 2. The van der Waals surface area contributed by atoms with Gasteiger partial charge in [0.1, 0.15) is 5.75 Å². The highest BCUT2D eigenvalue weighted by atomic mass is 16.5. The molecule has 2 rings (SSSR count). The maximum absolute atomic E-state index is 10.1. The number of methoxy groups -OCH3 is 1. The molecule has 0 aromatic heterocycles. The van der Waals surface area contributed by atoms with Crippen LogP contribution in [0.1, 0.15) is 37.9 Å². The van der Waals surface area contributed by atoms with Crippen LogP contribution in [0.5, 0.6) is 5.75 Å². The van der Waals surface area contributed by atoms with Gasteiger partial charge < -0.3 is 15.2 Å². The van der Waals surface area contributed by atoms with Crippen LogP contribution in [-0.4, -0.2) is 25.3 Å². The summed E-state index contributed by atoms with van der Waals surface area (Å²) in [5.41, 5.74) is 1.36. The van der Waals surface area contributed by atoms with E-state index in [0.29, 0.717) is 12.0 Å². The van der Waals surface area contributed by atoms with Crippen molar-refractivity contribution in [1.29, 1.82) is 0 Å². The molecule has 0 bridgehead atoms. The van der Waals surface area contributed by atoms with Gasteiger partial charge in [-0.1, -0.05) is 25.5 Å². The number of hydrogen-bond acceptors (Lipinski definition) is 3. The maximum Gasteiger partial charge on any atom is 0.119 e. The monoisotopic (exact) mass is 249 g/mol. The average molecular weight is 249 g/mol. The second kappa shape index (κ2) is 5.72. The van der Waals surface area contributed by atoms with Gasteiger partial charge in [-0.05, 0) is 36.0 Å². The predicted molar refractivity (Wildman–Crippen MR) is 72.8 cm³/mol. The van der Waals surface area contributed by atoms with E-state index in [1.165, 1.54) is 19.3 Å². The molecule has 0 radical (unpaired) electrons. The smallest absolute Gasteiger partial charge is 0.119 e. The van der Waals surface area contributed by atoms with Crippen LogP contribution in [0.15, 0.2) is 24.3 Å². The minimum absolute atomic E-state index is 0.452. The molecule has 1 unspecified atom stereocenters. The Morgan fingerprint density at radius 3 is 2.83 bits per heavy atom. The fourth-order valence-corrected chi connectivity index (χ4v) is 2.43. The first kappa shape index (κ1) is 13.4. The summed E-state index contributed by atoms with van der Waals surface area (Å²) in [5.74, 6) is 0.789. The molecule has 100 valence electrons. The standard InChI is InChI=1S/C15H23NO2/c1-15(7-4-8-15)11-16-10-14(17)12-5-3-6-13(9-12)18-2/h3,5-6,9,14,16-17H,4,7-8,10-11H2,1-2H3. The highest BCUT2D eigenvalue weighted by Gasteiger charge is 2.31. The fraction of sp³-hybridized carbons (Fsp3) is 0.600. The lowest BCUT2D eigenvalue weighted by atomic mass is 9.70. The predicted octanol–water partition coefficient (Wildman–Crippen LogP) is 2.51. The van der Waals surface area contributed by atoms with Gasteiger partial charge in [-0.2, -0.15) is 0 Å². The molecule has 1 atom stereocenters. The lowest BCUT2D eigenvalue weighted by Gasteiger charge is -2.38. The summed E-state index contributed by atoms with van der Waals surface area (Å²) in [4.78, 5) is 0. The highest BCUT2D eigenvalue weighted by molar-refractivity contribution is 5.29. The Balaban J connectivity index is 1.81. The lowest BCUT2D eigenvalue weighted by molar-refractivity contribution is 0.133. The van der Waals surface area contributed by atoms with Gasteiger partial charge in [0.2, 0.25) is 0 Å². The van der Waals surface area contributed by atoms with E-state index in [4.69, 9.17) is 4.74 Å². The van der Waals surface area contributed by atoms with Crippen molar-refractivity contribution in [3.8, 4) is 5.75 Å². The lowest BCUT2D eigenvalue weighted by Crippen LogP contribution is -2.38. The SMILES string of the molecule is COc1cccc(C(O)CNCC2(C)CCC2)c1. The van der Waals surface area contributed by atoms with Gasteiger partial charge in [-0.25, -0.2) is 0 Å². The number of aliphatic hydroxyl groups is 1. The molecule has 3 nitrogen and oxygen atoms in total. The topological polar surface area (TPSA) is 41.5 Å². The minimum Gasteiger partial charge on any atom is -0.497 e. The summed E-state index contributed by atoms with van der Waals surface area (Å²) in [6.45, 7) is 3.90. The van der Waals surface area contributed by atoms with E-state index >= 15 is 0 Å². The normalized spacial score (nSPS) is 19.1. The highest BCUT2D eigenvalue weighted by Crippen LogP contribution is 2.39. The average Bonchev–Trinajstić information content (AvgIpc) is 2.36. The third-order valence-electron chi connectivity index (χ3n) is 3.93. The summed E-state index contributed by atoms with van der Waals surface area (Å²) in [6, 6.07) is 7.61. The van der Waals surface area contributed by atoms with E-state index in [1.54, 1.807) is 7.11 Å². The zero-order chi connectivity index (χ0) is 13.0. The van der Waals surface area contributed by atoms with Crippen molar-refractivity contribution in [2.45, 2.75) is 32.3 Å². The molecule has 0 amide bonds. The Morgan fingerprint density at radius 2 is 2.22 bits per heavy atom. The second-order valence-electron chi connectivity index (χ2n) is 5.59. The number of rotatable bonds is 6. The van der Waals surface area contributed by atoms with Crippen molar-refractivity contribution in [2.75, 3.05) is 20.2 Å². The summed E-state index contributed by atoms with van der Waals surface area (Å²) < 4.78 is 5.16. The van der Waals surface area contributed by atoms with Crippen molar-refractivity contribution in [2.24, 2.45) is 5.41 Å². The first-order valence-corrected chi connectivity index (χ1v) is 6.66. The summed E-state index contributed by atoms with van der Waals surface area (Å²) in [7, 11) is 1.64. The molecule has 0 saturated heterocycles. The first-order valence-electron chi connectivity index (χ1n) is 6.66. The molecule has 1 aromatic rings.